The number of carbonyl (C=O) groups excluding carboxylic acids is 1. The van der Waals surface area contributed by atoms with Crippen LogP contribution in [-0.2, 0) is 22.5 Å². The third-order valence-corrected chi connectivity index (χ3v) is 4.65. The van der Waals surface area contributed by atoms with Crippen LogP contribution in [-0.4, -0.2) is 29.5 Å². The fraction of sp³-hybridized carbons (Fsp3) is 0.391. The van der Waals surface area contributed by atoms with E-state index < -0.39 is 11.6 Å². The van der Waals surface area contributed by atoms with Gasteiger partial charge in [-0.1, -0.05) is 36.4 Å². The molecule has 0 fully saturated rings. The van der Waals surface area contributed by atoms with Crippen molar-refractivity contribution in [3.05, 3.63) is 59.7 Å². The van der Waals surface area contributed by atoms with Gasteiger partial charge in [0.15, 0.2) is 22.8 Å². The number of thiocarbonyl (C=S) groups is 1. The Hall–Kier alpha value is -2.80. The Morgan fingerprint density at radius 1 is 1.13 bits per heavy atom. The van der Waals surface area contributed by atoms with E-state index in [0.29, 0.717) is 23.8 Å². The summed E-state index contributed by atoms with van der Waals surface area (Å²) >= 11 is 5.40. The fourth-order valence-electron chi connectivity index (χ4n) is 2.62. The molecule has 162 valence electrons. The molecule has 2 rings (SSSR count). The average Bonchev–Trinajstić information content (AvgIpc) is 2.71. The summed E-state index contributed by atoms with van der Waals surface area (Å²) in [5, 5.41) is 16.3. The van der Waals surface area contributed by atoms with E-state index in [9.17, 15) is 9.90 Å². The Morgan fingerprint density at radius 2 is 1.83 bits per heavy atom. The number of carbonyl (C=O) groups is 1. The SMILES string of the molecule is COc1cc(CNC(=S)NC(CCc2ccccc2)OC(=O)C(C)(C)C)ccc1O. The summed E-state index contributed by atoms with van der Waals surface area (Å²) in [6, 6.07) is 15.1. The number of esters is 1. The Labute approximate surface area is 183 Å². The first-order valence-electron chi connectivity index (χ1n) is 9.84. The number of methoxy groups -OCH3 is 1. The number of hydrogen-bond acceptors (Lipinski definition) is 5. The zero-order valence-electron chi connectivity index (χ0n) is 17.9. The number of aromatic hydroxyl groups is 1. The number of aryl methyl sites for hydroxylation is 1. The Balaban J connectivity index is 1.97. The molecule has 0 radical (unpaired) electrons. The normalized spacial score (nSPS) is 12.0. The molecular weight excluding hydrogens is 400 g/mol. The summed E-state index contributed by atoms with van der Waals surface area (Å²) in [6.45, 7) is 5.89. The highest BCUT2D eigenvalue weighted by Gasteiger charge is 2.26. The number of benzene rings is 2. The van der Waals surface area contributed by atoms with E-state index in [0.717, 1.165) is 17.5 Å². The highest BCUT2D eigenvalue weighted by Crippen LogP contribution is 2.26. The Kier molecular flexibility index (Phi) is 8.47. The number of rotatable bonds is 8. The van der Waals surface area contributed by atoms with Crippen LogP contribution in [0.15, 0.2) is 48.5 Å². The van der Waals surface area contributed by atoms with Crippen molar-refractivity contribution in [3.63, 3.8) is 0 Å². The highest BCUT2D eigenvalue weighted by atomic mass is 32.1. The number of hydrogen-bond donors (Lipinski definition) is 3. The maximum Gasteiger partial charge on any atom is 0.313 e. The minimum Gasteiger partial charge on any atom is -0.504 e. The van der Waals surface area contributed by atoms with Crippen LogP contribution in [0.5, 0.6) is 11.5 Å². The monoisotopic (exact) mass is 430 g/mol. The molecule has 0 amide bonds. The number of phenolic OH excluding ortho intramolecular Hbond substituents is 1. The summed E-state index contributed by atoms with van der Waals surface area (Å²) in [4.78, 5) is 12.4. The van der Waals surface area contributed by atoms with Gasteiger partial charge < -0.3 is 25.2 Å². The van der Waals surface area contributed by atoms with Crippen LogP contribution in [0, 0.1) is 5.41 Å². The van der Waals surface area contributed by atoms with Crippen LogP contribution >= 0.6 is 12.2 Å². The van der Waals surface area contributed by atoms with Crippen LogP contribution in [0.1, 0.15) is 38.3 Å². The lowest BCUT2D eigenvalue weighted by Gasteiger charge is -2.25. The van der Waals surface area contributed by atoms with Gasteiger partial charge in [0.05, 0.1) is 12.5 Å². The molecule has 2 aromatic carbocycles. The average molecular weight is 431 g/mol. The first-order valence-corrected chi connectivity index (χ1v) is 10.2. The molecule has 0 saturated carbocycles. The molecule has 1 unspecified atom stereocenters. The molecule has 0 aromatic heterocycles. The highest BCUT2D eigenvalue weighted by molar-refractivity contribution is 7.80. The number of phenols is 1. The molecule has 0 aliphatic heterocycles. The second kappa shape index (κ2) is 10.8. The van der Waals surface area contributed by atoms with Gasteiger partial charge in [0.1, 0.15) is 0 Å². The Bertz CT molecular complexity index is 850. The van der Waals surface area contributed by atoms with Crippen LogP contribution < -0.4 is 15.4 Å². The van der Waals surface area contributed by atoms with Gasteiger partial charge >= 0.3 is 5.97 Å². The number of ether oxygens (including phenoxy) is 2. The van der Waals surface area contributed by atoms with Crippen LogP contribution in [0.25, 0.3) is 0 Å². The summed E-state index contributed by atoms with van der Waals surface area (Å²) in [7, 11) is 1.50. The quantitative estimate of drug-likeness (QED) is 0.333. The van der Waals surface area contributed by atoms with Crippen molar-refractivity contribution in [2.24, 2.45) is 5.41 Å². The topological polar surface area (TPSA) is 79.8 Å². The first kappa shape index (κ1) is 23.5. The molecule has 0 aliphatic carbocycles. The van der Waals surface area contributed by atoms with Crippen LogP contribution in [0.3, 0.4) is 0 Å². The molecular formula is C23H30N2O4S. The van der Waals surface area contributed by atoms with E-state index in [2.05, 4.69) is 10.6 Å². The van der Waals surface area contributed by atoms with Crippen molar-refractivity contribution in [3.8, 4) is 11.5 Å². The predicted molar refractivity (Wildman–Crippen MR) is 121 cm³/mol. The second-order valence-electron chi connectivity index (χ2n) is 8.00. The van der Waals surface area contributed by atoms with E-state index in [4.69, 9.17) is 21.7 Å². The van der Waals surface area contributed by atoms with Gasteiger partial charge in [0.25, 0.3) is 0 Å². The maximum atomic E-state index is 12.4. The summed E-state index contributed by atoms with van der Waals surface area (Å²) < 4.78 is 10.8. The molecule has 2 aromatic rings. The molecule has 0 aliphatic rings. The van der Waals surface area contributed by atoms with E-state index in [1.165, 1.54) is 7.11 Å². The third-order valence-electron chi connectivity index (χ3n) is 4.39. The van der Waals surface area contributed by atoms with Gasteiger partial charge in [-0.25, -0.2) is 0 Å². The van der Waals surface area contributed by atoms with Gasteiger partial charge in [-0.2, -0.15) is 0 Å². The van der Waals surface area contributed by atoms with Crippen molar-refractivity contribution in [1.82, 2.24) is 10.6 Å². The van der Waals surface area contributed by atoms with Gasteiger partial charge in [0, 0.05) is 13.0 Å². The van der Waals surface area contributed by atoms with Crippen molar-refractivity contribution >= 4 is 23.3 Å². The standard InChI is InChI=1S/C23H30N2O4S/c1-23(2,3)21(27)29-20(13-11-16-8-6-5-7-9-16)25-22(30)24-15-17-10-12-18(26)19(14-17)28-4/h5-10,12,14,20,26H,11,13,15H2,1-4H3,(H2,24,25,30). The zero-order chi connectivity index (χ0) is 22.1. The summed E-state index contributed by atoms with van der Waals surface area (Å²) in [5.41, 5.74) is 1.44. The predicted octanol–water partition coefficient (Wildman–Crippen LogP) is 3.91. The molecule has 0 saturated heterocycles. The summed E-state index contributed by atoms with van der Waals surface area (Å²) in [6.07, 6.45) is 0.778. The van der Waals surface area contributed by atoms with Crippen molar-refractivity contribution in [2.45, 2.75) is 46.4 Å². The zero-order valence-corrected chi connectivity index (χ0v) is 18.7. The number of nitrogens with one attached hydrogen (secondary N) is 2. The molecule has 0 spiro atoms. The first-order chi connectivity index (χ1) is 14.2. The lowest BCUT2D eigenvalue weighted by molar-refractivity contribution is -0.159. The van der Waals surface area contributed by atoms with Crippen LogP contribution in [0.2, 0.25) is 0 Å². The molecule has 30 heavy (non-hydrogen) atoms. The molecule has 3 N–H and O–H groups in total. The lowest BCUT2D eigenvalue weighted by Crippen LogP contribution is -2.45. The van der Waals surface area contributed by atoms with Gasteiger partial charge in [0.2, 0.25) is 0 Å². The van der Waals surface area contributed by atoms with Crippen molar-refractivity contribution in [2.75, 3.05) is 7.11 Å². The largest absolute Gasteiger partial charge is 0.504 e. The van der Waals surface area contributed by atoms with Crippen molar-refractivity contribution < 1.29 is 19.4 Å². The van der Waals surface area contributed by atoms with Gasteiger partial charge in [-0.3, -0.25) is 4.79 Å². The minimum atomic E-state index is -0.607. The molecule has 7 heteroatoms. The van der Waals surface area contributed by atoms with E-state index in [-0.39, 0.29) is 11.7 Å². The van der Waals surface area contributed by atoms with Crippen molar-refractivity contribution in [1.29, 1.82) is 0 Å². The molecule has 0 bridgehead atoms. The smallest absolute Gasteiger partial charge is 0.313 e. The minimum absolute atomic E-state index is 0.0806. The second-order valence-corrected chi connectivity index (χ2v) is 8.41. The molecule has 1 atom stereocenters. The van der Waals surface area contributed by atoms with Crippen LogP contribution in [0.4, 0.5) is 0 Å². The van der Waals surface area contributed by atoms with E-state index in [1.54, 1.807) is 18.2 Å². The van der Waals surface area contributed by atoms with E-state index in [1.807, 2.05) is 51.1 Å². The fourth-order valence-corrected chi connectivity index (χ4v) is 2.82. The lowest BCUT2D eigenvalue weighted by atomic mass is 9.97. The van der Waals surface area contributed by atoms with Gasteiger partial charge in [-0.15, -0.1) is 0 Å². The third kappa shape index (κ3) is 7.55. The maximum absolute atomic E-state index is 12.4. The summed E-state index contributed by atoms with van der Waals surface area (Å²) in [5.74, 6) is 0.184. The molecule has 0 heterocycles. The molecule has 6 nitrogen and oxygen atoms in total. The Morgan fingerprint density at radius 3 is 2.47 bits per heavy atom. The van der Waals surface area contributed by atoms with E-state index >= 15 is 0 Å². The van der Waals surface area contributed by atoms with Gasteiger partial charge in [-0.05, 0) is 62.7 Å².